The topological polar surface area (TPSA) is 35.6 Å². The van der Waals surface area contributed by atoms with Crippen LogP contribution < -0.4 is 10.2 Å². The van der Waals surface area contributed by atoms with Gasteiger partial charge in [-0.3, -0.25) is 9.69 Å². The van der Waals surface area contributed by atoms with Crippen molar-refractivity contribution in [3.05, 3.63) is 59.4 Å². The first-order valence-electron chi connectivity index (χ1n) is 10.2. The van der Waals surface area contributed by atoms with Gasteiger partial charge in [-0.1, -0.05) is 0 Å². The number of hydrogen-bond acceptors (Lipinski definition) is 3. The zero-order valence-corrected chi connectivity index (χ0v) is 16.6. The Morgan fingerprint density at radius 1 is 1.11 bits per heavy atom. The van der Waals surface area contributed by atoms with Gasteiger partial charge >= 0.3 is 0 Å². The fourth-order valence-electron chi connectivity index (χ4n) is 4.53. The molecule has 2 aliphatic heterocycles. The second-order valence-corrected chi connectivity index (χ2v) is 8.08. The third-order valence-corrected chi connectivity index (χ3v) is 6.17. The molecule has 0 radical (unpaired) electrons. The highest BCUT2D eigenvalue weighted by atomic mass is 19.1. The van der Waals surface area contributed by atoms with Crippen molar-refractivity contribution in [2.45, 2.75) is 45.2 Å². The average molecular weight is 381 g/mol. The van der Waals surface area contributed by atoms with Gasteiger partial charge in [-0.25, -0.2) is 4.39 Å². The molecule has 28 heavy (non-hydrogen) atoms. The molecule has 2 fully saturated rings. The normalized spacial score (nSPS) is 22.6. The zero-order chi connectivity index (χ0) is 19.7. The van der Waals surface area contributed by atoms with Gasteiger partial charge in [0, 0.05) is 42.1 Å². The summed E-state index contributed by atoms with van der Waals surface area (Å²) in [6.45, 7) is 7.74. The summed E-state index contributed by atoms with van der Waals surface area (Å²) < 4.78 is 13.0. The molecule has 0 spiro atoms. The Kier molecular flexibility index (Phi) is 5.36. The van der Waals surface area contributed by atoms with E-state index in [0.717, 1.165) is 24.3 Å². The standard InChI is InChI=1S/C23H28FN3O/c1-16-14-20(26-13-11-21(15-26)27-12-3-4-17(27)2)9-10-22(16)25-23(28)18-5-7-19(24)8-6-18/h5-10,14,17,21H,3-4,11-13,15H2,1-2H3,(H,25,28)/t17-,21-/m0/s1. The van der Waals surface area contributed by atoms with Crippen LogP contribution >= 0.6 is 0 Å². The maximum Gasteiger partial charge on any atom is 0.255 e. The van der Waals surface area contributed by atoms with E-state index in [1.807, 2.05) is 13.0 Å². The lowest BCUT2D eigenvalue weighted by Crippen LogP contribution is -2.39. The largest absolute Gasteiger partial charge is 0.370 e. The fraction of sp³-hybridized carbons (Fsp3) is 0.435. The second-order valence-electron chi connectivity index (χ2n) is 8.08. The van der Waals surface area contributed by atoms with Gasteiger partial charge in [0.25, 0.3) is 5.91 Å². The fourth-order valence-corrected chi connectivity index (χ4v) is 4.53. The van der Waals surface area contributed by atoms with Crippen molar-refractivity contribution >= 4 is 17.3 Å². The van der Waals surface area contributed by atoms with Crippen LogP contribution in [-0.4, -0.2) is 42.5 Å². The van der Waals surface area contributed by atoms with Crippen LogP contribution in [0.2, 0.25) is 0 Å². The second kappa shape index (κ2) is 7.92. The molecular weight excluding hydrogens is 353 g/mol. The van der Waals surface area contributed by atoms with E-state index in [0.29, 0.717) is 17.6 Å². The number of hydrogen-bond donors (Lipinski definition) is 1. The first kappa shape index (κ1) is 18.9. The highest BCUT2D eigenvalue weighted by molar-refractivity contribution is 6.04. The Balaban J connectivity index is 1.42. The molecule has 4 rings (SSSR count). The Morgan fingerprint density at radius 3 is 2.57 bits per heavy atom. The number of carbonyl (C=O) groups excluding carboxylic acids is 1. The number of nitrogens with zero attached hydrogens (tertiary/aromatic N) is 2. The van der Waals surface area contributed by atoms with E-state index in [2.05, 4.69) is 34.2 Å². The maximum absolute atomic E-state index is 13.0. The molecule has 1 N–H and O–H groups in total. The Morgan fingerprint density at radius 2 is 1.89 bits per heavy atom. The van der Waals surface area contributed by atoms with E-state index in [4.69, 9.17) is 0 Å². The first-order chi connectivity index (χ1) is 13.5. The number of anilines is 2. The molecule has 2 aromatic carbocycles. The third-order valence-electron chi connectivity index (χ3n) is 6.17. The van der Waals surface area contributed by atoms with Crippen molar-refractivity contribution in [1.29, 1.82) is 0 Å². The number of benzene rings is 2. The van der Waals surface area contributed by atoms with Gasteiger partial charge in [-0.05, 0) is 87.7 Å². The summed E-state index contributed by atoms with van der Waals surface area (Å²) in [6, 6.07) is 13.2. The van der Waals surface area contributed by atoms with Crippen LogP contribution in [0.5, 0.6) is 0 Å². The van der Waals surface area contributed by atoms with E-state index < -0.39 is 0 Å². The number of likely N-dealkylation sites (tertiary alicyclic amines) is 1. The van der Waals surface area contributed by atoms with Crippen LogP contribution in [0.3, 0.4) is 0 Å². The van der Waals surface area contributed by atoms with Crippen molar-refractivity contribution < 1.29 is 9.18 Å². The molecule has 5 heteroatoms. The van der Waals surface area contributed by atoms with Gasteiger partial charge in [-0.2, -0.15) is 0 Å². The monoisotopic (exact) mass is 381 g/mol. The average Bonchev–Trinajstić information content (AvgIpc) is 3.32. The number of carbonyl (C=O) groups is 1. The SMILES string of the molecule is Cc1cc(N2CC[C@H](N3CCC[C@@H]3C)C2)ccc1NC(=O)c1ccc(F)cc1. The molecule has 2 heterocycles. The van der Waals surface area contributed by atoms with Gasteiger partial charge < -0.3 is 10.2 Å². The molecule has 1 amide bonds. The molecule has 2 aliphatic rings. The highest BCUT2D eigenvalue weighted by Crippen LogP contribution is 2.30. The maximum atomic E-state index is 13.0. The van der Waals surface area contributed by atoms with Gasteiger partial charge in [0.15, 0.2) is 0 Å². The summed E-state index contributed by atoms with van der Waals surface area (Å²) in [4.78, 5) is 17.5. The third kappa shape index (κ3) is 3.90. The van der Waals surface area contributed by atoms with E-state index in [-0.39, 0.29) is 11.7 Å². The molecule has 2 saturated heterocycles. The Labute approximate surface area is 166 Å². The van der Waals surface area contributed by atoms with Gasteiger partial charge in [0.05, 0.1) is 0 Å². The molecular formula is C23H28FN3O. The first-order valence-corrected chi connectivity index (χ1v) is 10.2. The molecule has 2 aromatic rings. The van der Waals surface area contributed by atoms with Gasteiger partial charge in [-0.15, -0.1) is 0 Å². The molecule has 4 nitrogen and oxygen atoms in total. The van der Waals surface area contributed by atoms with E-state index in [9.17, 15) is 9.18 Å². The minimum atomic E-state index is -0.343. The Hall–Kier alpha value is -2.40. The predicted molar refractivity (Wildman–Crippen MR) is 112 cm³/mol. The molecule has 0 saturated carbocycles. The number of rotatable bonds is 4. The smallest absolute Gasteiger partial charge is 0.255 e. The van der Waals surface area contributed by atoms with Crippen LogP contribution in [0, 0.1) is 12.7 Å². The van der Waals surface area contributed by atoms with Crippen LogP contribution in [-0.2, 0) is 0 Å². The number of amides is 1. The summed E-state index contributed by atoms with van der Waals surface area (Å²) in [6.07, 6.45) is 3.85. The lowest BCUT2D eigenvalue weighted by Gasteiger charge is -2.28. The number of aryl methyl sites for hydroxylation is 1. The van der Waals surface area contributed by atoms with Crippen molar-refractivity contribution in [3.63, 3.8) is 0 Å². The van der Waals surface area contributed by atoms with E-state index in [1.165, 1.54) is 55.8 Å². The van der Waals surface area contributed by atoms with Crippen molar-refractivity contribution in [2.24, 2.45) is 0 Å². The zero-order valence-electron chi connectivity index (χ0n) is 16.6. The molecule has 0 bridgehead atoms. The summed E-state index contributed by atoms with van der Waals surface area (Å²) in [5, 5.41) is 2.93. The minimum Gasteiger partial charge on any atom is -0.370 e. The minimum absolute atomic E-state index is 0.222. The highest BCUT2D eigenvalue weighted by Gasteiger charge is 2.32. The predicted octanol–water partition coefficient (Wildman–Crippen LogP) is 4.45. The summed E-state index contributed by atoms with van der Waals surface area (Å²) in [5.41, 5.74) is 3.49. The Bertz CT molecular complexity index is 851. The van der Waals surface area contributed by atoms with Crippen LogP contribution in [0.4, 0.5) is 15.8 Å². The quantitative estimate of drug-likeness (QED) is 0.850. The lowest BCUT2D eigenvalue weighted by molar-refractivity contribution is 0.102. The number of halogens is 1. The van der Waals surface area contributed by atoms with Crippen molar-refractivity contribution in [3.8, 4) is 0 Å². The van der Waals surface area contributed by atoms with Crippen LogP contribution in [0.25, 0.3) is 0 Å². The lowest BCUT2D eigenvalue weighted by atomic mass is 10.1. The molecule has 0 aromatic heterocycles. The van der Waals surface area contributed by atoms with Crippen molar-refractivity contribution in [1.82, 2.24) is 4.90 Å². The van der Waals surface area contributed by atoms with Crippen LogP contribution in [0.15, 0.2) is 42.5 Å². The molecule has 0 aliphatic carbocycles. The van der Waals surface area contributed by atoms with E-state index in [1.54, 1.807) is 0 Å². The van der Waals surface area contributed by atoms with Gasteiger partial charge in [0.2, 0.25) is 0 Å². The molecule has 148 valence electrons. The van der Waals surface area contributed by atoms with E-state index >= 15 is 0 Å². The molecule has 0 unspecified atom stereocenters. The molecule has 2 atom stereocenters. The number of nitrogens with one attached hydrogen (secondary N) is 1. The van der Waals surface area contributed by atoms with Gasteiger partial charge in [0.1, 0.15) is 5.82 Å². The summed E-state index contributed by atoms with van der Waals surface area (Å²) in [5.74, 6) is -0.565. The van der Waals surface area contributed by atoms with Crippen molar-refractivity contribution in [2.75, 3.05) is 29.9 Å². The van der Waals surface area contributed by atoms with Crippen LogP contribution in [0.1, 0.15) is 42.1 Å². The summed E-state index contributed by atoms with van der Waals surface area (Å²) in [7, 11) is 0. The summed E-state index contributed by atoms with van der Waals surface area (Å²) >= 11 is 0.